The van der Waals surface area contributed by atoms with Gasteiger partial charge in [-0.1, -0.05) is 20.3 Å². The zero-order chi connectivity index (χ0) is 23.0. The van der Waals surface area contributed by atoms with Crippen LogP contribution in [0.15, 0.2) is 21.7 Å². The normalized spacial score (nSPS) is 9.77. The smallest absolute Gasteiger partial charge is 0.290 e. The highest BCUT2D eigenvalue weighted by atomic mass is 16.3. The number of carbonyl (C=O) groups excluding carboxylic acids is 1. The summed E-state index contributed by atoms with van der Waals surface area (Å²) in [5, 5.41) is 27.6. The Morgan fingerprint density at radius 3 is 2.33 bits per heavy atom. The van der Waals surface area contributed by atoms with Gasteiger partial charge in [-0.05, 0) is 19.1 Å². The Hall–Kier alpha value is -3.74. The summed E-state index contributed by atoms with van der Waals surface area (Å²) >= 11 is 0. The number of hydrogen-bond donors (Lipinski definition) is 4. The zero-order valence-electron chi connectivity index (χ0n) is 18.1. The van der Waals surface area contributed by atoms with Gasteiger partial charge in [0.2, 0.25) is 0 Å². The second kappa shape index (κ2) is 10.7. The zero-order valence-corrected chi connectivity index (χ0v) is 18.1. The Labute approximate surface area is 174 Å². The van der Waals surface area contributed by atoms with E-state index in [1.807, 2.05) is 6.07 Å². The van der Waals surface area contributed by atoms with E-state index in [0.717, 1.165) is 4.68 Å². The molecule has 0 aliphatic carbocycles. The number of carbonyl (C=O) groups is 1. The fourth-order valence-electron chi connectivity index (χ4n) is 2.44. The molecular formula is C20H28N6O4. The number of rotatable bonds is 5. The van der Waals surface area contributed by atoms with E-state index in [1.54, 1.807) is 6.92 Å². The molecule has 1 aromatic heterocycles. The topological polar surface area (TPSA) is 143 Å². The molecule has 1 aromatic carbocycles. The van der Waals surface area contributed by atoms with E-state index in [-0.39, 0.29) is 28.2 Å². The molecule has 0 atom stereocenters. The van der Waals surface area contributed by atoms with Crippen molar-refractivity contribution in [3.63, 3.8) is 0 Å². The SMILES string of the molecule is CCC.CCNc1c(Nc2cc(C#N)cc(C(=O)N(C)C)c2O)c(=O)[nH]n(C)c1=O. The van der Waals surface area contributed by atoms with Crippen molar-refractivity contribution < 1.29 is 9.90 Å². The Morgan fingerprint density at radius 2 is 1.83 bits per heavy atom. The first-order chi connectivity index (χ1) is 14.1. The van der Waals surface area contributed by atoms with Gasteiger partial charge in [0, 0.05) is 27.7 Å². The van der Waals surface area contributed by atoms with Gasteiger partial charge in [0.15, 0.2) is 5.75 Å². The van der Waals surface area contributed by atoms with Crippen molar-refractivity contribution >= 4 is 23.0 Å². The maximum absolute atomic E-state index is 12.3. The molecular weight excluding hydrogens is 388 g/mol. The maximum atomic E-state index is 12.3. The third-order valence-corrected chi connectivity index (χ3v) is 3.75. The van der Waals surface area contributed by atoms with E-state index in [0.29, 0.717) is 6.54 Å². The predicted octanol–water partition coefficient (Wildman–Crippen LogP) is 1.94. The molecule has 2 aromatic rings. The number of phenolic OH excluding ortho intramolecular Hbond substituents is 1. The first-order valence-electron chi connectivity index (χ1n) is 9.45. The Balaban J connectivity index is 0.00000141. The molecule has 2 rings (SSSR count). The summed E-state index contributed by atoms with van der Waals surface area (Å²) in [7, 11) is 4.40. The van der Waals surface area contributed by atoms with Crippen molar-refractivity contribution in [2.45, 2.75) is 27.2 Å². The summed E-state index contributed by atoms with van der Waals surface area (Å²) in [6.07, 6.45) is 1.25. The fourth-order valence-corrected chi connectivity index (χ4v) is 2.44. The van der Waals surface area contributed by atoms with Crippen molar-refractivity contribution in [2.24, 2.45) is 7.05 Å². The minimum absolute atomic E-state index is 0.00555. The van der Waals surface area contributed by atoms with Gasteiger partial charge >= 0.3 is 0 Å². The van der Waals surface area contributed by atoms with Crippen LogP contribution in [0.4, 0.5) is 17.1 Å². The van der Waals surface area contributed by atoms with Crippen molar-refractivity contribution in [3.05, 3.63) is 44.0 Å². The monoisotopic (exact) mass is 416 g/mol. The number of nitriles is 1. The van der Waals surface area contributed by atoms with Crippen LogP contribution in [0.2, 0.25) is 0 Å². The molecule has 0 aliphatic heterocycles. The largest absolute Gasteiger partial charge is 0.505 e. The van der Waals surface area contributed by atoms with Crippen LogP contribution < -0.4 is 21.8 Å². The van der Waals surface area contributed by atoms with Crippen LogP contribution in [0.25, 0.3) is 0 Å². The van der Waals surface area contributed by atoms with Crippen molar-refractivity contribution in [1.29, 1.82) is 5.26 Å². The molecule has 30 heavy (non-hydrogen) atoms. The van der Waals surface area contributed by atoms with Crippen molar-refractivity contribution in [3.8, 4) is 11.8 Å². The molecule has 10 heteroatoms. The standard InChI is InChI=1S/C17H20N6O4.C3H8/c1-5-19-13-12(15(25)21-23(4)17(13)27)20-11-7-9(8-18)6-10(14(11)24)16(26)22(2)3;1-3-2/h6-7,19-20,24H,5H2,1-4H3,(H,21,25);3H2,1-2H3. The highest BCUT2D eigenvalue weighted by Gasteiger charge is 2.21. The molecule has 0 unspecified atom stereocenters. The average Bonchev–Trinajstić information content (AvgIpc) is 2.70. The number of aryl methyl sites for hydroxylation is 1. The summed E-state index contributed by atoms with van der Waals surface area (Å²) in [6, 6.07) is 4.44. The van der Waals surface area contributed by atoms with E-state index in [2.05, 4.69) is 29.6 Å². The summed E-state index contributed by atoms with van der Waals surface area (Å²) in [6.45, 7) is 6.38. The molecule has 0 saturated heterocycles. The number of aromatic hydroxyl groups is 1. The minimum atomic E-state index is -0.615. The van der Waals surface area contributed by atoms with E-state index >= 15 is 0 Å². The number of nitrogens with one attached hydrogen (secondary N) is 3. The number of anilines is 3. The molecule has 0 aliphatic rings. The van der Waals surface area contributed by atoms with E-state index in [4.69, 9.17) is 0 Å². The van der Waals surface area contributed by atoms with Crippen LogP contribution >= 0.6 is 0 Å². The third kappa shape index (κ3) is 5.41. The van der Waals surface area contributed by atoms with Crippen LogP contribution in [-0.2, 0) is 7.05 Å². The summed E-state index contributed by atoms with van der Waals surface area (Å²) < 4.78 is 1.03. The molecule has 1 heterocycles. The summed E-state index contributed by atoms with van der Waals surface area (Å²) in [5.74, 6) is -0.951. The van der Waals surface area contributed by atoms with Crippen LogP contribution in [0.5, 0.6) is 5.75 Å². The number of aromatic amines is 1. The van der Waals surface area contributed by atoms with Crippen LogP contribution in [0.1, 0.15) is 43.1 Å². The number of hydrogen-bond acceptors (Lipinski definition) is 7. The Bertz CT molecular complexity index is 1060. The number of H-pyrrole nitrogens is 1. The van der Waals surface area contributed by atoms with Gasteiger partial charge in [-0.15, -0.1) is 0 Å². The number of aromatic nitrogens is 2. The second-order valence-electron chi connectivity index (χ2n) is 6.65. The van der Waals surface area contributed by atoms with E-state index < -0.39 is 22.8 Å². The quantitative estimate of drug-likeness (QED) is 0.545. The Kier molecular flexibility index (Phi) is 8.67. The highest BCUT2D eigenvalue weighted by Crippen LogP contribution is 2.32. The van der Waals surface area contributed by atoms with Gasteiger partial charge in [-0.2, -0.15) is 5.26 Å². The first kappa shape index (κ1) is 24.3. The number of phenols is 1. The molecule has 0 saturated carbocycles. The van der Waals surface area contributed by atoms with Crippen molar-refractivity contribution in [1.82, 2.24) is 14.7 Å². The van der Waals surface area contributed by atoms with Crippen molar-refractivity contribution in [2.75, 3.05) is 31.3 Å². The minimum Gasteiger partial charge on any atom is -0.505 e. The lowest BCUT2D eigenvalue weighted by molar-refractivity contribution is 0.0824. The average molecular weight is 416 g/mol. The molecule has 0 radical (unpaired) electrons. The highest BCUT2D eigenvalue weighted by molar-refractivity contribution is 5.99. The van der Waals surface area contributed by atoms with Gasteiger partial charge in [-0.3, -0.25) is 24.2 Å². The van der Waals surface area contributed by atoms with Gasteiger partial charge in [0.1, 0.15) is 11.4 Å². The van der Waals surface area contributed by atoms with E-state index in [9.17, 15) is 24.8 Å². The molecule has 10 nitrogen and oxygen atoms in total. The van der Waals surface area contributed by atoms with Crippen LogP contribution in [0, 0.1) is 11.3 Å². The lowest BCUT2D eigenvalue weighted by Gasteiger charge is -2.17. The molecule has 0 spiro atoms. The van der Waals surface area contributed by atoms with E-state index in [1.165, 1.54) is 44.6 Å². The fraction of sp³-hybridized carbons (Fsp3) is 0.400. The number of amides is 1. The number of benzene rings is 1. The second-order valence-corrected chi connectivity index (χ2v) is 6.65. The first-order valence-corrected chi connectivity index (χ1v) is 9.45. The van der Waals surface area contributed by atoms with Crippen LogP contribution in [-0.4, -0.2) is 46.3 Å². The van der Waals surface area contributed by atoms with Gasteiger partial charge in [0.05, 0.1) is 22.9 Å². The summed E-state index contributed by atoms with van der Waals surface area (Å²) in [5.41, 5.74) is -1.27. The lowest BCUT2D eigenvalue weighted by atomic mass is 10.1. The summed E-state index contributed by atoms with van der Waals surface area (Å²) in [4.78, 5) is 38.2. The van der Waals surface area contributed by atoms with Crippen LogP contribution in [0.3, 0.4) is 0 Å². The molecule has 4 N–H and O–H groups in total. The van der Waals surface area contributed by atoms with Gasteiger partial charge in [0.25, 0.3) is 17.0 Å². The maximum Gasteiger partial charge on any atom is 0.290 e. The molecule has 0 fully saturated rings. The molecule has 1 amide bonds. The number of nitrogens with zero attached hydrogens (tertiary/aromatic N) is 3. The van der Waals surface area contributed by atoms with Gasteiger partial charge in [-0.25, -0.2) is 0 Å². The molecule has 0 bridgehead atoms. The third-order valence-electron chi connectivity index (χ3n) is 3.75. The molecule has 162 valence electrons. The lowest BCUT2D eigenvalue weighted by Crippen LogP contribution is -2.32. The Morgan fingerprint density at radius 1 is 1.23 bits per heavy atom. The predicted molar refractivity (Wildman–Crippen MR) is 117 cm³/mol. The van der Waals surface area contributed by atoms with Gasteiger partial charge < -0.3 is 20.6 Å².